The number of allylic oxidation sites excluding steroid dienone is 1. The first kappa shape index (κ1) is 17.5. The van der Waals surface area contributed by atoms with Crippen molar-refractivity contribution in [1.29, 1.82) is 0 Å². The van der Waals surface area contributed by atoms with Gasteiger partial charge in [-0.25, -0.2) is 0 Å². The number of benzene rings is 2. The largest absolute Gasteiger partial charge is 0.316 e. The van der Waals surface area contributed by atoms with Crippen LogP contribution in [-0.4, -0.2) is 10.4 Å². The van der Waals surface area contributed by atoms with Gasteiger partial charge < -0.3 is 4.57 Å². The summed E-state index contributed by atoms with van der Waals surface area (Å²) >= 11 is 12.5. The zero-order valence-corrected chi connectivity index (χ0v) is 15.5. The van der Waals surface area contributed by atoms with Crippen LogP contribution in [0.1, 0.15) is 27.3 Å². The van der Waals surface area contributed by atoms with Crippen molar-refractivity contribution in [2.75, 3.05) is 0 Å². The minimum atomic E-state index is -0.0220. The van der Waals surface area contributed by atoms with E-state index in [4.69, 9.17) is 23.2 Å². The van der Waals surface area contributed by atoms with Gasteiger partial charge in [-0.3, -0.25) is 4.79 Å². The van der Waals surface area contributed by atoms with E-state index >= 15 is 0 Å². The number of rotatable bonds is 4. The number of hydrogen-bond acceptors (Lipinski definition) is 1. The average molecular weight is 370 g/mol. The molecule has 0 amide bonds. The summed E-state index contributed by atoms with van der Waals surface area (Å²) in [5, 5.41) is 1.03. The highest BCUT2D eigenvalue weighted by molar-refractivity contribution is 6.43. The minimum absolute atomic E-state index is 0.0220. The predicted molar refractivity (Wildman–Crippen MR) is 105 cm³/mol. The zero-order valence-electron chi connectivity index (χ0n) is 14.0. The molecule has 0 fully saturated rings. The molecule has 0 spiro atoms. The topological polar surface area (TPSA) is 22.0 Å². The Morgan fingerprint density at radius 3 is 2.44 bits per heavy atom. The lowest BCUT2D eigenvalue weighted by molar-refractivity contribution is 0.104. The number of carbonyl (C=O) groups is 1. The highest BCUT2D eigenvalue weighted by Crippen LogP contribution is 2.31. The Morgan fingerprint density at radius 1 is 1.00 bits per heavy atom. The Morgan fingerprint density at radius 2 is 1.72 bits per heavy atom. The molecule has 2 aromatic carbocycles. The van der Waals surface area contributed by atoms with Gasteiger partial charge in [0.2, 0.25) is 0 Å². The molecule has 3 rings (SSSR count). The number of nitrogens with zero attached hydrogens (tertiary/aromatic N) is 1. The first-order valence-electron chi connectivity index (χ1n) is 7.90. The number of halogens is 2. The van der Waals surface area contributed by atoms with Gasteiger partial charge in [0, 0.05) is 17.0 Å². The lowest BCUT2D eigenvalue weighted by Crippen LogP contribution is -2.00. The molecule has 0 radical (unpaired) electrons. The molecule has 2 nitrogen and oxygen atoms in total. The summed E-state index contributed by atoms with van der Waals surface area (Å²) in [6.45, 7) is 4.00. The van der Waals surface area contributed by atoms with E-state index in [2.05, 4.69) is 0 Å². The molecule has 0 atom stereocenters. The van der Waals surface area contributed by atoms with Crippen LogP contribution in [0, 0.1) is 13.8 Å². The molecule has 25 heavy (non-hydrogen) atoms. The summed E-state index contributed by atoms with van der Waals surface area (Å²) < 4.78 is 2.04. The first-order valence-corrected chi connectivity index (χ1v) is 8.65. The fourth-order valence-electron chi connectivity index (χ4n) is 2.86. The van der Waals surface area contributed by atoms with Crippen LogP contribution in [0.15, 0.2) is 60.7 Å². The Balaban J connectivity index is 1.96. The summed E-state index contributed by atoms with van der Waals surface area (Å²) in [4.78, 5) is 12.3. The molecule has 1 aromatic heterocycles. The fourth-order valence-corrected chi connectivity index (χ4v) is 3.24. The van der Waals surface area contributed by atoms with Crippen LogP contribution in [0.4, 0.5) is 0 Å². The Kier molecular flexibility index (Phi) is 5.12. The van der Waals surface area contributed by atoms with Crippen molar-refractivity contribution in [2.24, 2.45) is 0 Å². The van der Waals surface area contributed by atoms with Gasteiger partial charge in [-0.2, -0.15) is 0 Å². The molecular formula is C21H17Cl2NO. The lowest BCUT2D eigenvalue weighted by atomic mass is 10.1. The van der Waals surface area contributed by atoms with E-state index in [1.54, 1.807) is 12.1 Å². The second kappa shape index (κ2) is 7.30. The van der Waals surface area contributed by atoms with Crippen molar-refractivity contribution in [1.82, 2.24) is 4.57 Å². The second-order valence-electron chi connectivity index (χ2n) is 5.80. The molecule has 4 heteroatoms. The van der Waals surface area contributed by atoms with Gasteiger partial charge in [-0.15, -0.1) is 0 Å². The predicted octanol–water partition coefficient (Wildman–Crippen LogP) is 6.30. The molecule has 0 saturated heterocycles. The fraction of sp³-hybridized carbons (Fsp3) is 0.0952. The first-order chi connectivity index (χ1) is 12.0. The van der Waals surface area contributed by atoms with Crippen molar-refractivity contribution in [2.45, 2.75) is 13.8 Å². The molecular weight excluding hydrogens is 353 g/mol. The molecule has 0 aliphatic rings. The van der Waals surface area contributed by atoms with E-state index in [9.17, 15) is 4.79 Å². The van der Waals surface area contributed by atoms with Gasteiger partial charge >= 0.3 is 0 Å². The second-order valence-corrected chi connectivity index (χ2v) is 6.58. The minimum Gasteiger partial charge on any atom is -0.316 e. The van der Waals surface area contributed by atoms with E-state index < -0.39 is 0 Å². The third-order valence-corrected chi connectivity index (χ3v) is 4.92. The van der Waals surface area contributed by atoms with Crippen molar-refractivity contribution in [3.8, 4) is 5.69 Å². The Bertz CT molecular complexity index is 956. The Labute approximate surface area is 157 Å². The summed E-state index contributed by atoms with van der Waals surface area (Å²) in [6.07, 6.45) is 3.44. The third kappa shape index (κ3) is 3.55. The van der Waals surface area contributed by atoms with Gasteiger partial charge in [0.25, 0.3) is 0 Å². The maximum absolute atomic E-state index is 12.3. The number of hydrogen-bond donors (Lipinski definition) is 0. The number of carbonyl (C=O) groups excluding carboxylic acids is 1. The molecule has 0 bridgehead atoms. The molecule has 1 heterocycles. The molecule has 0 aliphatic carbocycles. The smallest absolute Gasteiger partial charge is 0.185 e. The molecule has 126 valence electrons. The van der Waals surface area contributed by atoms with Gasteiger partial charge in [0.1, 0.15) is 0 Å². The van der Waals surface area contributed by atoms with Gasteiger partial charge in [0.05, 0.1) is 15.7 Å². The van der Waals surface area contributed by atoms with Gasteiger partial charge in [-0.1, -0.05) is 59.6 Å². The normalized spacial score (nSPS) is 11.2. The van der Waals surface area contributed by atoms with Crippen LogP contribution in [0.25, 0.3) is 11.8 Å². The molecule has 0 N–H and O–H groups in total. The van der Waals surface area contributed by atoms with Crippen molar-refractivity contribution >= 4 is 35.1 Å². The van der Waals surface area contributed by atoms with Crippen LogP contribution in [0.5, 0.6) is 0 Å². The monoisotopic (exact) mass is 369 g/mol. The van der Waals surface area contributed by atoms with Crippen LogP contribution < -0.4 is 0 Å². The maximum atomic E-state index is 12.3. The highest BCUT2D eigenvalue weighted by atomic mass is 35.5. The summed E-state index contributed by atoms with van der Waals surface area (Å²) in [6, 6.07) is 16.8. The van der Waals surface area contributed by atoms with Crippen LogP contribution in [-0.2, 0) is 0 Å². The standard InChI is InChI=1S/C21H17Cl2NO/c1-14-13-17(11-12-20(25)16-7-4-3-5-8-16)15(2)24(14)19-10-6-9-18(22)21(19)23/h3-13H,1-2H3/b12-11+. The van der Waals surface area contributed by atoms with E-state index in [-0.39, 0.29) is 5.78 Å². The van der Waals surface area contributed by atoms with Crippen molar-refractivity contribution < 1.29 is 4.79 Å². The molecule has 3 aromatic rings. The Hall–Kier alpha value is -2.29. The lowest BCUT2D eigenvalue weighted by Gasteiger charge is -2.12. The summed E-state index contributed by atoms with van der Waals surface area (Å²) in [5.41, 5.74) is 4.49. The highest BCUT2D eigenvalue weighted by Gasteiger charge is 2.13. The number of ketones is 1. The molecule has 0 aliphatic heterocycles. The zero-order chi connectivity index (χ0) is 18.0. The van der Waals surface area contributed by atoms with E-state index in [1.165, 1.54) is 0 Å². The summed E-state index contributed by atoms with van der Waals surface area (Å²) in [5.74, 6) is -0.0220. The van der Waals surface area contributed by atoms with Gasteiger partial charge in [0.15, 0.2) is 5.78 Å². The number of aromatic nitrogens is 1. The molecule has 0 unspecified atom stereocenters. The average Bonchev–Trinajstić information content (AvgIpc) is 2.90. The third-order valence-electron chi connectivity index (χ3n) is 4.11. The quantitative estimate of drug-likeness (QED) is 0.390. The maximum Gasteiger partial charge on any atom is 0.185 e. The van der Waals surface area contributed by atoms with Crippen LogP contribution >= 0.6 is 23.2 Å². The molecule has 0 saturated carbocycles. The van der Waals surface area contributed by atoms with Crippen LogP contribution in [0.3, 0.4) is 0 Å². The van der Waals surface area contributed by atoms with Gasteiger partial charge in [-0.05, 0) is 49.8 Å². The van der Waals surface area contributed by atoms with E-state index in [0.29, 0.717) is 15.6 Å². The van der Waals surface area contributed by atoms with Crippen LogP contribution in [0.2, 0.25) is 10.0 Å². The summed E-state index contributed by atoms with van der Waals surface area (Å²) in [7, 11) is 0. The van der Waals surface area contributed by atoms with Crippen molar-refractivity contribution in [3.63, 3.8) is 0 Å². The SMILES string of the molecule is Cc1cc(/C=C/C(=O)c2ccccc2)c(C)n1-c1cccc(Cl)c1Cl. The van der Waals surface area contributed by atoms with E-state index in [1.807, 2.05) is 73.0 Å². The number of aryl methyl sites for hydroxylation is 1. The van der Waals surface area contributed by atoms with Crippen molar-refractivity contribution in [3.05, 3.63) is 93.2 Å². The van der Waals surface area contributed by atoms with E-state index in [0.717, 1.165) is 22.6 Å².